The van der Waals surface area contributed by atoms with Gasteiger partial charge in [0, 0.05) is 33.2 Å². The van der Waals surface area contributed by atoms with Gasteiger partial charge in [-0.25, -0.2) is 9.59 Å². The number of ether oxygens (including phenoxy) is 1. The highest BCUT2D eigenvalue weighted by Gasteiger charge is 2.24. The summed E-state index contributed by atoms with van der Waals surface area (Å²) in [6, 6.07) is 0. The molecule has 0 bridgehead atoms. The Bertz CT molecular complexity index is 412. The third kappa shape index (κ3) is 15.0. The van der Waals surface area contributed by atoms with Crippen molar-refractivity contribution in [1.29, 1.82) is 0 Å². The maximum absolute atomic E-state index is 11.9. The highest BCUT2D eigenvalue weighted by Crippen LogP contribution is 2.43. The molecule has 0 aromatic rings. The van der Waals surface area contributed by atoms with Crippen molar-refractivity contribution >= 4 is 25.2 Å². The van der Waals surface area contributed by atoms with Crippen LogP contribution in [-0.2, 0) is 33.1 Å². The van der Waals surface area contributed by atoms with Gasteiger partial charge in [0.05, 0.1) is 6.61 Å². The Morgan fingerprint density at radius 1 is 1.27 bits per heavy atom. The summed E-state index contributed by atoms with van der Waals surface area (Å²) >= 11 is 0. The average Bonchev–Trinajstić information content (AvgIpc) is 2.38. The Hall–Kier alpha value is -1.44. The van der Waals surface area contributed by atoms with E-state index >= 15 is 0 Å². The van der Waals surface area contributed by atoms with Crippen LogP contribution in [0.25, 0.3) is 0 Å². The molecule has 10 heteroatoms. The molecule has 1 unspecified atom stereocenters. The third-order valence-electron chi connectivity index (χ3n) is 2.02. The zero-order chi connectivity index (χ0) is 17.8. The van der Waals surface area contributed by atoms with E-state index in [4.69, 9.17) is 14.5 Å². The lowest BCUT2D eigenvalue weighted by molar-refractivity contribution is -0.231. The van der Waals surface area contributed by atoms with Gasteiger partial charge in [-0.3, -0.25) is 9.36 Å². The highest BCUT2D eigenvalue weighted by atomic mass is 31.2. The summed E-state index contributed by atoms with van der Waals surface area (Å²) in [5.41, 5.74) is 0. The number of nitrogens with one attached hydrogen (secondary N) is 1. The summed E-state index contributed by atoms with van der Waals surface area (Å²) in [5, 5.41) is 9.82. The molecule has 2 atom stereocenters. The predicted molar refractivity (Wildman–Crippen MR) is 78.7 cm³/mol. The Kier molecular flexibility index (Phi) is 12.6. The van der Waals surface area contributed by atoms with Gasteiger partial charge in [-0.1, -0.05) is 0 Å². The molecule has 0 saturated carbocycles. The van der Waals surface area contributed by atoms with Crippen LogP contribution < -0.4 is 5.32 Å². The second kappa shape index (κ2) is 12.1. The number of hydrogen-bond acceptors (Lipinski definition) is 8. The van der Waals surface area contributed by atoms with Gasteiger partial charge >= 0.3 is 11.9 Å². The van der Waals surface area contributed by atoms with E-state index < -0.39 is 25.4 Å². The van der Waals surface area contributed by atoms with Gasteiger partial charge in [-0.05, 0) is 13.8 Å². The van der Waals surface area contributed by atoms with Crippen molar-refractivity contribution in [2.75, 3.05) is 26.0 Å². The molecule has 0 radical (unpaired) electrons. The molecule has 0 rings (SSSR count). The molecular weight excluding hydrogens is 317 g/mol. The normalized spacial score (nSPS) is 13.7. The summed E-state index contributed by atoms with van der Waals surface area (Å²) in [4.78, 5) is 34.3. The fraction of sp³-hybridized carbons (Fsp3) is 0.750. The summed E-state index contributed by atoms with van der Waals surface area (Å²) < 4.78 is 21.8. The van der Waals surface area contributed by atoms with E-state index in [1.165, 1.54) is 20.5 Å². The van der Waals surface area contributed by atoms with Gasteiger partial charge < -0.3 is 19.5 Å². The minimum Gasteiger partial charge on any atom is -0.464 e. The SMILES string of the molecule is CC(=O)OO.CCOC(=O)[C@H](C)OP(C)(=O)CCNC(C)=O. The van der Waals surface area contributed by atoms with E-state index in [-0.39, 0.29) is 25.2 Å². The van der Waals surface area contributed by atoms with Crippen LogP contribution in [-0.4, -0.2) is 55.2 Å². The van der Waals surface area contributed by atoms with Gasteiger partial charge in [0.2, 0.25) is 13.3 Å². The van der Waals surface area contributed by atoms with Crippen LogP contribution in [0.1, 0.15) is 27.7 Å². The molecule has 0 aliphatic carbocycles. The van der Waals surface area contributed by atoms with Crippen molar-refractivity contribution in [3.63, 3.8) is 0 Å². The zero-order valence-electron chi connectivity index (χ0n) is 13.5. The number of carbonyl (C=O) groups excluding carboxylic acids is 3. The Balaban J connectivity index is 0. The second-order valence-corrected chi connectivity index (χ2v) is 6.99. The second-order valence-electron chi connectivity index (χ2n) is 4.30. The highest BCUT2D eigenvalue weighted by molar-refractivity contribution is 7.58. The lowest BCUT2D eigenvalue weighted by atomic mass is 10.4. The van der Waals surface area contributed by atoms with Crippen molar-refractivity contribution in [2.24, 2.45) is 0 Å². The maximum Gasteiger partial charge on any atom is 0.339 e. The van der Waals surface area contributed by atoms with Crippen molar-refractivity contribution in [3.05, 3.63) is 0 Å². The topological polar surface area (TPSA) is 128 Å². The van der Waals surface area contributed by atoms with E-state index in [1.54, 1.807) is 6.92 Å². The van der Waals surface area contributed by atoms with E-state index in [0.717, 1.165) is 6.92 Å². The quantitative estimate of drug-likeness (QED) is 0.304. The first-order valence-electron chi connectivity index (χ1n) is 6.53. The zero-order valence-corrected chi connectivity index (χ0v) is 14.3. The lowest BCUT2D eigenvalue weighted by Gasteiger charge is -2.18. The van der Waals surface area contributed by atoms with Crippen LogP contribution in [0.15, 0.2) is 0 Å². The van der Waals surface area contributed by atoms with E-state index in [2.05, 4.69) is 10.2 Å². The van der Waals surface area contributed by atoms with E-state index in [1.807, 2.05) is 0 Å². The molecule has 0 aliphatic heterocycles. The number of rotatable bonds is 7. The minimum atomic E-state index is -2.90. The monoisotopic (exact) mass is 341 g/mol. The van der Waals surface area contributed by atoms with E-state index in [9.17, 15) is 18.9 Å². The van der Waals surface area contributed by atoms with Gasteiger partial charge in [0.25, 0.3) is 0 Å². The number of amides is 1. The van der Waals surface area contributed by atoms with Gasteiger partial charge in [-0.2, -0.15) is 5.26 Å². The number of esters is 1. The van der Waals surface area contributed by atoms with Gasteiger partial charge in [0.15, 0.2) is 6.10 Å². The standard InChI is InChI=1S/C10H20NO5P.C2H4O3/c1-5-15-10(13)8(2)16-17(4,14)7-6-11-9(3)12;1-2(3)5-4/h8H,5-7H2,1-4H3,(H,11,12);4H,1H3/t8-,17?;/m0./s1. The van der Waals surface area contributed by atoms with Crippen LogP contribution in [0.2, 0.25) is 0 Å². The molecule has 0 aromatic heterocycles. The smallest absolute Gasteiger partial charge is 0.339 e. The number of carbonyl (C=O) groups is 3. The summed E-state index contributed by atoms with van der Waals surface area (Å²) in [6.45, 7) is 7.62. The van der Waals surface area contributed by atoms with Crippen LogP contribution in [0, 0.1) is 0 Å². The molecule has 22 heavy (non-hydrogen) atoms. The first-order valence-corrected chi connectivity index (χ1v) is 8.79. The predicted octanol–water partition coefficient (Wildman–Crippen LogP) is 1.02. The molecular formula is C12H24NO8P. The molecule has 1 amide bonds. The Morgan fingerprint density at radius 3 is 2.14 bits per heavy atom. The molecule has 0 fully saturated rings. The van der Waals surface area contributed by atoms with Gasteiger partial charge in [0.1, 0.15) is 0 Å². The third-order valence-corrected chi connectivity index (χ3v) is 3.82. The summed E-state index contributed by atoms with van der Waals surface area (Å²) in [5.74, 6) is -1.41. The molecule has 2 N–H and O–H groups in total. The van der Waals surface area contributed by atoms with Crippen molar-refractivity contribution in [2.45, 2.75) is 33.8 Å². The lowest BCUT2D eigenvalue weighted by Crippen LogP contribution is -2.26. The van der Waals surface area contributed by atoms with Crippen LogP contribution in [0.3, 0.4) is 0 Å². The fourth-order valence-corrected chi connectivity index (χ4v) is 2.50. The number of hydrogen-bond donors (Lipinski definition) is 2. The van der Waals surface area contributed by atoms with Crippen molar-refractivity contribution in [3.8, 4) is 0 Å². The first kappa shape index (κ1) is 22.8. The van der Waals surface area contributed by atoms with Crippen molar-refractivity contribution < 1.29 is 38.4 Å². The first-order chi connectivity index (χ1) is 10.1. The fourth-order valence-electron chi connectivity index (χ4n) is 1.12. The molecule has 0 saturated heterocycles. The average molecular weight is 341 g/mol. The van der Waals surface area contributed by atoms with Crippen molar-refractivity contribution in [1.82, 2.24) is 5.32 Å². The van der Waals surface area contributed by atoms with Crippen LogP contribution >= 0.6 is 7.37 Å². The summed E-state index contributed by atoms with van der Waals surface area (Å²) in [6.07, 6.45) is -0.667. The van der Waals surface area contributed by atoms with Gasteiger partial charge in [-0.15, -0.1) is 0 Å². The maximum atomic E-state index is 11.9. The molecule has 0 aromatic carbocycles. The molecule has 0 spiro atoms. The minimum absolute atomic E-state index is 0.191. The van der Waals surface area contributed by atoms with Crippen LogP contribution in [0.4, 0.5) is 0 Å². The Morgan fingerprint density at radius 2 is 1.77 bits per heavy atom. The largest absolute Gasteiger partial charge is 0.464 e. The molecule has 0 heterocycles. The molecule has 130 valence electrons. The van der Waals surface area contributed by atoms with E-state index in [0.29, 0.717) is 0 Å². The van der Waals surface area contributed by atoms with Crippen LogP contribution in [0.5, 0.6) is 0 Å². The Labute approximate surface area is 129 Å². The molecule has 0 aliphatic rings. The summed E-state index contributed by atoms with van der Waals surface area (Å²) in [7, 11) is -2.90. The molecule has 9 nitrogen and oxygen atoms in total.